The van der Waals surface area contributed by atoms with Crippen molar-refractivity contribution in [3.05, 3.63) is 23.9 Å². The largest absolute Gasteiger partial charge is 0.474 e. The normalized spacial score (nSPS) is 19.1. The Bertz CT molecular complexity index is 467. The number of nitrogens with one attached hydrogen (secondary N) is 1. The molecule has 1 aromatic rings. The summed E-state index contributed by atoms with van der Waals surface area (Å²) in [4.78, 5) is 8.65. The molecule has 0 aliphatic heterocycles. The first-order chi connectivity index (χ1) is 9.79. The second-order valence-electron chi connectivity index (χ2n) is 5.65. The molecule has 0 saturated heterocycles. The Morgan fingerprint density at radius 2 is 2.05 bits per heavy atom. The molecule has 2 fully saturated rings. The van der Waals surface area contributed by atoms with Crippen molar-refractivity contribution in [2.45, 2.75) is 57.2 Å². The van der Waals surface area contributed by atoms with Gasteiger partial charge in [0.2, 0.25) is 5.88 Å². The van der Waals surface area contributed by atoms with Crippen molar-refractivity contribution in [3.8, 4) is 5.88 Å². The van der Waals surface area contributed by atoms with Gasteiger partial charge in [-0.3, -0.25) is 0 Å². The average Bonchev–Trinajstić information content (AvgIpc) is 3.12. The van der Waals surface area contributed by atoms with E-state index >= 15 is 0 Å². The molecule has 116 valence electrons. The lowest BCUT2D eigenvalue weighted by Gasteiger charge is -2.11. The van der Waals surface area contributed by atoms with Gasteiger partial charge in [0.1, 0.15) is 6.10 Å². The third-order valence-electron chi connectivity index (χ3n) is 3.75. The van der Waals surface area contributed by atoms with E-state index in [1.807, 2.05) is 18.3 Å². The highest BCUT2D eigenvalue weighted by Gasteiger charge is 2.21. The maximum atomic E-state index is 5.83. The van der Waals surface area contributed by atoms with E-state index in [-0.39, 0.29) is 17.0 Å². The van der Waals surface area contributed by atoms with Crippen LogP contribution in [-0.4, -0.2) is 23.1 Å². The van der Waals surface area contributed by atoms with Crippen molar-refractivity contribution in [3.63, 3.8) is 0 Å². The van der Waals surface area contributed by atoms with E-state index in [0.29, 0.717) is 30.5 Å². The van der Waals surface area contributed by atoms with E-state index < -0.39 is 0 Å². The van der Waals surface area contributed by atoms with Crippen molar-refractivity contribution in [1.82, 2.24) is 10.3 Å². The molecule has 1 heterocycles. The molecule has 0 radical (unpaired) electrons. The SMILES string of the molecule is Br.NC(=NCc1ccc(OC2CCCC2)nc1)NC1CC1. The number of hydrogen-bond acceptors (Lipinski definition) is 3. The lowest BCUT2D eigenvalue weighted by Crippen LogP contribution is -2.33. The Balaban J connectivity index is 0.00000161. The predicted octanol–water partition coefficient (Wildman–Crippen LogP) is 2.55. The van der Waals surface area contributed by atoms with E-state index in [1.54, 1.807) is 0 Å². The third-order valence-corrected chi connectivity index (χ3v) is 3.75. The summed E-state index contributed by atoms with van der Waals surface area (Å²) < 4.78 is 5.83. The molecule has 2 saturated carbocycles. The summed E-state index contributed by atoms with van der Waals surface area (Å²) in [6.07, 6.45) is 9.41. The molecule has 6 heteroatoms. The van der Waals surface area contributed by atoms with Gasteiger partial charge in [0.25, 0.3) is 0 Å². The highest BCUT2D eigenvalue weighted by atomic mass is 79.9. The first kappa shape index (κ1) is 16.1. The first-order valence-corrected chi connectivity index (χ1v) is 7.47. The van der Waals surface area contributed by atoms with Crippen LogP contribution in [0.15, 0.2) is 23.3 Å². The van der Waals surface area contributed by atoms with Gasteiger partial charge in [-0.25, -0.2) is 9.98 Å². The number of guanidine groups is 1. The number of aromatic nitrogens is 1. The smallest absolute Gasteiger partial charge is 0.213 e. The van der Waals surface area contributed by atoms with Crippen molar-refractivity contribution < 1.29 is 4.74 Å². The fraction of sp³-hybridized carbons (Fsp3) is 0.600. The number of ether oxygens (including phenoxy) is 1. The summed E-state index contributed by atoms with van der Waals surface area (Å²) >= 11 is 0. The molecular weight excluding hydrogens is 332 g/mol. The van der Waals surface area contributed by atoms with E-state index in [4.69, 9.17) is 10.5 Å². The van der Waals surface area contributed by atoms with Crippen LogP contribution in [0.3, 0.4) is 0 Å². The highest BCUT2D eigenvalue weighted by molar-refractivity contribution is 8.93. The second kappa shape index (κ2) is 7.64. The number of aliphatic imine (C=N–C) groups is 1. The van der Waals surface area contributed by atoms with Gasteiger partial charge < -0.3 is 15.8 Å². The maximum absolute atomic E-state index is 5.83. The van der Waals surface area contributed by atoms with Crippen LogP contribution in [0.4, 0.5) is 0 Å². The van der Waals surface area contributed by atoms with E-state index in [1.165, 1.54) is 25.7 Å². The molecule has 2 aliphatic rings. The Labute approximate surface area is 136 Å². The molecule has 0 aromatic carbocycles. The zero-order chi connectivity index (χ0) is 13.8. The maximum Gasteiger partial charge on any atom is 0.213 e. The highest BCUT2D eigenvalue weighted by Crippen LogP contribution is 2.23. The number of rotatable bonds is 5. The Kier molecular flexibility index (Phi) is 5.85. The fourth-order valence-electron chi connectivity index (χ4n) is 2.41. The van der Waals surface area contributed by atoms with Crippen LogP contribution in [0.25, 0.3) is 0 Å². The molecule has 0 bridgehead atoms. The molecule has 3 N–H and O–H groups in total. The van der Waals surface area contributed by atoms with Crippen LogP contribution in [0.5, 0.6) is 5.88 Å². The minimum Gasteiger partial charge on any atom is -0.474 e. The van der Waals surface area contributed by atoms with Gasteiger partial charge in [-0.05, 0) is 44.1 Å². The fourth-order valence-corrected chi connectivity index (χ4v) is 2.41. The molecule has 0 spiro atoms. The quantitative estimate of drug-likeness (QED) is 0.629. The monoisotopic (exact) mass is 354 g/mol. The van der Waals surface area contributed by atoms with E-state index in [2.05, 4.69) is 15.3 Å². The van der Waals surface area contributed by atoms with Crippen molar-refractivity contribution in [2.24, 2.45) is 10.7 Å². The summed E-state index contributed by atoms with van der Waals surface area (Å²) in [5, 5.41) is 3.17. The first-order valence-electron chi connectivity index (χ1n) is 7.47. The number of halogens is 1. The number of pyridine rings is 1. The van der Waals surface area contributed by atoms with Gasteiger partial charge in [0, 0.05) is 18.3 Å². The molecule has 3 rings (SSSR count). The van der Waals surface area contributed by atoms with Crippen LogP contribution in [0.1, 0.15) is 44.1 Å². The minimum atomic E-state index is 0. The lowest BCUT2D eigenvalue weighted by atomic mass is 10.3. The van der Waals surface area contributed by atoms with Crippen LogP contribution in [0, 0.1) is 0 Å². The average molecular weight is 355 g/mol. The minimum absolute atomic E-state index is 0. The van der Waals surface area contributed by atoms with Gasteiger partial charge in [-0.1, -0.05) is 6.07 Å². The molecule has 1 aromatic heterocycles. The summed E-state index contributed by atoms with van der Waals surface area (Å²) in [6.45, 7) is 0.558. The van der Waals surface area contributed by atoms with Crippen LogP contribution in [0.2, 0.25) is 0 Å². The Morgan fingerprint density at radius 3 is 2.67 bits per heavy atom. The van der Waals surface area contributed by atoms with Gasteiger partial charge >= 0.3 is 0 Å². The Morgan fingerprint density at radius 1 is 1.29 bits per heavy atom. The molecule has 21 heavy (non-hydrogen) atoms. The zero-order valence-electron chi connectivity index (χ0n) is 12.1. The summed E-state index contributed by atoms with van der Waals surface area (Å²) in [7, 11) is 0. The molecule has 0 unspecified atom stereocenters. The number of nitrogens with zero attached hydrogens (tertiary/aromatic N) is 2. The topological polar surface area (TPSA) is 72.5 Å². The Hall–Kier alpha value is -1.30. The van der Waals surface area contributed by atoms with Gasteiger partial charge in [0.15, 0.2) is 5.96 Å². The lowest BCUT2D eigenvalue weighted by molar-refractivity contribution is 0.201. The van der Waals surface area contributed by atoms with Crippen molar-refractivity contribution in [2.75, 3.05) is 0 Å². The summed E-state index contributed by atoms with van der Waals surface area (Å²) in [5.41, 5.74) is 6.84. The number of hydrogen-bond donors (Lipinski definition) is 2. The summed E-state index contributed by atoms with van der Waals surface area (Å²) in [5.74, 6) is 1.24. The van der Waals surface area contributed by atoms with Crippen LogP contribution >= 0.6 is 17.0 Å². The third kappa shape index (κ3) is 5.19. The number of nitrogens with two attached hydrogens (primary N) is 1. The van der Waals surface area contributed by atoms with Crippen LogP contribution in [-0.2, 0) is 6.54 Å². The van der Waals surface area contributed by atoms with Crippen LogP contribution < -0.4 is 15.8 Å². The molecule has 2 aliphatic carbocycles. The van der Waals surface area contributed by atoms with Gasteiger partial charge in [-0.2, -0.15) is 0 Å². The molecule has 5 nitrogen and oxygen atoms in total. The van der Waals surface area contributed by atoms with Gasteiger partial charge in [-0.15, -0.1) is 17.0 Å². The van der Waals surface area contributed by atoms with Gasteiger partial charge in [0.05, 0.1) is 6.54 Å². The van der Waals surface area contributed by atoms with Crippen molar-refractivity contribution in [1.29, 1.82) is 0 Å². The molecule has 0 amide bonds. The standard InChI is InChI=1S/C15H22N4O.BrH/c16-15(19-12-6-7-12)18-10-11-5-8-14(17-9-11)20-13-3-1-2-4-13;/h5,8-9,12-13H,1-4,6-7,10H2,(H3,16,18,19);1H. The summed E-state index contributed by atoms with van der Waals surface area (Å²) in [6, 6.07) is 4.47. The molecule has 0 atom stereocenters. The van der Waals surface area contributed by atoms with E-state index in [9.17, 15) is 0 Å². The molecular formula is C15H23BrN4O. The zero-order valence-corrected chi connectivity index (χ0v) is 13.8. The van der Waals surface area contributed by atoms with E-state index in [0.717, 1.165) is 18.4 Å². The van der Waals surface area contributed by atoms with Crippen molar-refractivity contribution >= 4 is 22.9 Å². The second-order valence-corrected chi connectivity index (χ2v) is 5.65. The predicted molar refractivity (Wildman–Crippen MR) is 88.9 cm³/mol.